The van der Waals surface area contributed by atoms with Crippen molar-refractivity contribution in [3.8, 4) is 0 Å². The van der Waals surface area contributed by atoms with Crippen LogP contribution in [-0.4, -0.2) is 28.6 Å². The molecule has 4 nitrogen and oxygen atoms in total. The molecular weight excluding hydrogens is 532 g/mol. The highest BCUT2D eigenvalue weighted by Crippen LogP contribution is 2.66. The fraction of sp³-hybridized carbons (Fsp3) is 0.513. The van der Waals surface area contributed by atoms with Crippen molar-refractivity contribution >= 4 is 17.3 Å². The SMILES string of the molecule is CC1=C(C(C)O)C(=O)C2(C)C(C)=C3C(=O)c4c(C)c(CC(=O)Cc5ccc(C)cc5)cc(C(C)C)c4CC3(C)CC2(C)C1. The van der Waals surface area contributed by atoms with Crippen LogP contribution in [0.25, 0.3) is 0 Å². The van der Waals surface area contributed by atoms with Gasteiger partial charge in [0.05, 0.1) is 11.5 Å². The lowest BCUT2D eigenvalue weighted by Crippen LogP contribution is -2.57. The number of carbonyl (C=O) groups is 3. The van der Waals surface area contributed by atoms with E-state index in [-0.39, 0.29) is 35.1 Å². The van der Waals surface area contributed by atoms with Gasteiger partial charge in [-0.05, 0) is 100.0 Å². The van der Waals surface area contributed by atoms with Crippen LogP contribution in [0.5, 0.6) is 0 Å². The predicted molar refractivity (Wildman–Crippen MR) is 173 cm³/mol. The number of benzene rings is 2. The van der Waals surface area contributed by atoms with Gasteiger partial charge in [0.2, 0.25) is 0 Å². The van der Waals surface area contributed by atoms with Gasteiger partial charge in [-0.1, -0.05) is 74.7 Å². The van der Waals surface area contributed by atoms with Gasteiger partial charge in [0, 0.05) is 35.0 Å². The number of rotatable bonds is 6. The lowest BCUT2D eigenvalue weighted by atomic mass is 9.42. The third-order valence-corrected chi connectivity index (χ3v) is 11.3. The van der Waals surface area contributed by atoms with E-state index in [1.165, 1.54) is 5.56 Å². The highest BCUT2D eigenvalue weighted by atomic mass is 16.3. The van der Waals surface area contributed by atoms with Crippen LogP contribution >= 0.6 is 0 Å². The summed E-state index contributed by atoms with van der Waals surface area (Å²) in [7, 11) is 0. The molecule has 0 bridgehead atoms. The summed E-state index contributed by atoms with van der Waals surface area (Å²) in [5, 5.41) is 10.6. The van der Waals surface area contributed by atoms with Gasteiger partial charge in [0.1, 0.15) is 5.78 Å². The van der Waals surface area contributed by atoms with E-state index < -0.39 is 16.9 Å². The first-order chi connectivity index (χ1) is 19.9. The molecule has 0 amide bonds. The van der Waals surface area contributed by atoms with Crippen molar-refractivity contribution in [2.45, 2.75) is 113 Å². The Hall–Kier alpha value is -3.11. The first-order valence-corrected chi connectivity index (χ1v) is 15.9. The van der Waals surface area contributed by atoms with Crippen molar-refractivity contribution in [1.82, 2.24) is 0 Å². The average molecular weight is 581 g/mol. The first-order valence-electron chi connectivity index (χ1n) is 15.9. The molecule has 0 spiro atoms. The van der Waals surface area contributed by atoms with Gasteiger partial charge in [0.25, 0.3) is 0 Å². The molecule has 0 saturated heterocycles. The molecule has 0 aliphatic heterocycles. The van der Waals surface area contributed by atoms with E-state index in [1.54, 1.807) is 6.92 Å². The van der Waals surface area contributed by atoms with Crippen molar-refractivity contribution in [3.05, 3.63) is 91.6 Å². The second kappa shape index (κ2) is 10.5. The van der Waals surface area contributed by atoms with Crippen LogP contribution in [0, 0.1) is 30.1 Å². The van der Waals surface area contributed by atoms with E-state index in [2.05, 4.69) is 33.8 Å². The minimum Gasteiger partial charge on any atom is -0.389 e. The lowest BCUT2D eigenvalue weighted by Gasteiger charge is -2.59. The summed E-state index contributed by atoms with van der Waals surface area (Å²) in [5.74, 6) is 0.290. The number of fused-ring (bicyclic) bond motifs is 3. The summed E-state index contributed by atoms with van der Waals surface area (Å²) in [4.78, 5) is 42.4. The first kappa shape index (κ1) is 31.3. The Morgan fingerprint density at radius 3 is 2.14 bits per heavy atom. The van der Waals surface area contributed by atoms with Gasteiger partial charge in [-0.3, -0.25) is 14.4 Å². The summed E-state index contributed by atoms with van der Waals surface area (Å²) >= 11 is 0. The van der Waals surface area contributed by atoms with E-state index in [4.69, 9.17) is 0 Å². The molecule has 43 heavy (non-hydrogen) atoms. The van der Waals surface area contributed by atoms with Crippen molar-refractivity contribution in [1.29, 1.82) is 0 Å². The monoisotopic (exact) mass is 580 g/mol. The predicted octanol–water partition coefficient (Wildman–Crippen LogP) is 7.93. The molecule has 0 aromatic heterocycles. The Kier molecular flexibility index (Phi) is 7.65. The van der Waals surface area contributed by atoms with Gasteiger partial charge in [-0.25, -0.2) is 0 Å². The van der Waals surface area contributed by atoms with E-state index in [9.17, 15) is 19.5 Å². The number of hydrogen-bond acceptors (Lipinski definition) is 4. The Morgan fingerprint density at radius 2 is 1.56 bits per heavy atom. The number of allylic oxidation sites excluding steroid dienone is 3. The van der Waals surface area contributed by atoms with E-state index in [0.29, 0.717) is 12.0 Å². The Bertz CT molecular complexity index is 1620. The van der Waals surface area contributed by atoms with Crippen LogP contribution in [0.4, 0.5) is 0 Å². The molecule has 3 aliphatic carbocycles. The standard InChI is InChI=1S/C39H48O4/c1-21(2)30-17-28(16-29(41)15-27-13-11-22(3)12-14-27)24(5)33-31(30)19-37(8)20-38(9)18-23(4)32(26(7)40)36(43)39(38,10)25(6)34(37)35(33)42/h11-14,17,21,26,40H,15-16,18-20H2,1-10H3. The number of Topliss-reactive ketones (excluding diaryl/α,β-unsaturated/α-hetero) is 3. The summed E-state index contributed by atoms with van der Waals surface area (Å²) in [6.07, 6.45) is 1.97. The molecule has 0 heterocycles. The molecule has 5 rings (SSSR count). The van der Waals surface area contributed by atoms with Crippen LogP contribution in [0.2, 0.25) is 0 Å². The van der Waals surface area contributed by atoms with Gasteiger partial charge in [-0.2, -0.15) is 0 Å². The van der Waals surface area contributed by atoms with Crippen molar-refractivity contribution in [2.75, 3.05) is 0 Å². The third kappa shape index (κ3) is 4.72. The summed E-state index contributed by atoms with van der Waals surface area (Å²) < 4.78 is 0. The van der Waals surface area contributed by atoms with Crippen LogP contribution < -0.4 is 0 Å². The smallest absolute Gasteiger partial charge is 0.190 e. The maximum absolute atomic E-state index is 14.8. The zero-order valence-corrected chi connectivity index (χ0v) is 27.7. The maximum atomic E-state index is 14.8. The number of ketones is 3. The highest BCUT2D eigenvalue weighted by molar-refractivity contribution is 6.15. The summed E-state index contributed by atoms with van der Waals surface area (Å²) in [6.45, 7) is 20.4. The van der Waals surface area contributed by atoms with Crippen LogP contribution in [0.1, 0.15) is 118 Å². The molecule has 3 aliphatic rings. The number of aryl methyl sites for hydroxylation is 1. The van der Waals surface area contributed by atoms with E-state index >= 15 is 0 Å². The lowest BCUT2D eigenvalue weighted by molar-refractivity contribution is -0.133. The summed E-state index contributed by atoms with van der Waals surface area (Å²) in [5.41, 5.74) is 8.37. The minimum absolute atomic E-state index is 0.00873. The molecule has 1 N–H and O–H groups in total. The minimum atomic E-state index is -0.878. The molecule has 4 atom stereocenters. The Balaban J connectivity index is 1.64. The molecule has 228 valence electrons. The topological polar surface area (TPSA) is 71.4 Å². The number of carbonyl (C=O) groups excluding carboxylic acids is 3. The van der Waals surface area contributed by atoms with Crippen LogP contribution in [0.15, 0.2) is 52.6 Å². The second-order valence-corrected chi connectivity index (χ2v) is 14.9. The van der Waals surface area contributed by atoms with Gasteiger partial charge >= 0.3 is 0 Å². The normalized spacial score (nSPS) is 27.7. The van der Waals surface area contributed by atoms with Gasteiger partial charge in [-0.15, -0.1) is 0 Å². The van der Waals surface area contributed by atoms with Gasteiger partial charge < -0.3 is 5.11 Å². The van der Waals surface area contributed by atoms with Crippen molar-refractivity contribution in [2.24, 2.45) is 16.2 Å². The number of hydrogen-bond donors (Lipinski definition) is 1. The fourth-order valence-electron chi connectivity index (χ4n) is 9.09. The summed E-state index contributed by atoms with van der Waals surface area (Å²) in [6, 6.07) is 10.3. The van der Waals surface area contributed by atoms with Gasteiger partial charge in [0.15, 0.2) is 11.6 Å². The molecule has 2 aromatic carbocycles. The Labute approximate surface area is 257 Å². The maximum Gasteiger partial charge on any atom is 0.190 e. The van der Waals surface area contributed by atoms with Crippen LogP contribution in [-0.2, 0) is 28.9 Å². The van der Waals surface area contributed by atoms with Crippen molar-refractivity contribution in [3.63, 3.8) is 0 Å². The highest BCUT2D eigenvalue weighted by Gasteiger charge is 2.63. The zero-order chi connectivity index (χ0) is 31.8. The molecule has 4 heteroatoms. The molecule has 2 aromatic rings. The average Bonchev–Trinajstić information content (AvgIpc) is 2.88. The van der Waals surface area contributed by atoms with Crippen molar-refractivity contribution < 1.29 is 19.5 Å². The van der Waals surface area contributed by atoms with E-state index in [0.717, 1.165) is 69.4 Å². The van der Waals surface area contributed by atoms with Crippen LogP contribution in [0.3, 0.4) is 0 Å². The second-order valence-electron chi connectivity index (χ2n) is 14.9. The fourth-order valence-corrected chi connectivity index (χ4v) is 9.09. The van der Waals surface area contributed by atoms with E-state index in [1.807, 2.05) is 58.9 Å². The molecule has 0 radical (unpaired) electrons. The molecule has 0 fully saturated rings. The number of aliphatic hydroxyl groups is 1. The quantitative estimate of drug-likeness (QED) is 0.377. The third-order valence-electron chi connectivity index (χ3n) is 11.3. The Morgan fingerprint density at radius 1 is 0.930 bits per heavy atom. The molecule has 0 saturated carbocycles. The zero-order valence-electron chi connectivity index (χ0n) is 27.7. The molecule has 4 unspecified atom stereocenters. The molecular formula is C39H48O4. The number of aliphatic hydroxyl groups excluding tert-OH is 1. The largest absolute Gasteiger partial charge is 0.389 e.